The summed E-state index contributed by atoms with van der Waals surface area (Å²) in [5, 5.41) is 8.85. The summed E-state index contributed by atoms with van der Waals surface area (Å²) in [5.41, 5.74) is 6.26. The minimum atomic E-state index is -0.429. The maximum atomic E-state index is 8.85. The molecule has 0 aromatic carbocycles. The Morgan fingerprint density at radius 1 is 1.55 bits per heavy atom. The van der Waals surface area contributed by atoms with Crippen LogP contribution in [0.1, 0.15) is 6.92 Å². The van der Waals surface area contributed by atoms with Crippen LogP contribution in [-0.2, 0) is 0 Å². The average Bonchev–Trinajstić information content (AvgIpc) is 2.10. The largest absolute Gasteiger partial charge is 0.392 e. The number of hydrogen-bond donors (Lipinski definition) is 2. The maximum absolute atomic E-state index is 8.85. The highest BCUT2D eigenvalue weighted by atomic mass is 16.3. The number of hydrogen-bond acceptors (Lipinski definition) is 2. The van der Waals surface area contributed by atoms with Gasteiger partial charge in [-0.25, -0.2) is 0 Å². The first-order valence-electron chi connectivity index (χ1n) is 3.61. The van der Waals surface area contributed by atoms with E-state index in [-0.39, 0.29) is 6.61 Å². The van der Waals surface area contributed by atoms with Gasteiger partial charge in [0.15, 0.2) is 0 Å². The van der Waals surface area contributed by atoms with Crippen LogP contribution in [0, 0.1) is 0 Å². The lowest BCUT2D eigenvalue weighted by molar-refractivity contribution is 0.334. The first kappa shape index (κ1) is 8.24. The standard InChI is InChI=1S/C9H13NO/c1-9(10)5-3-2-4-8(6-9)7-11/h2-6,11H,7,10H2,1H3. The molecular formula is C9H13NO. The summed E-state index contributed by atoms with van der Waals surface area (Å²) >= 11 is 0. The van der Waals surface area contributed by atoms with Gasteiger partial charge in [0.05, 0.1) is 12.1 Å². The predicted molar refractivity (Wildman–Crippen MR) is 46.0 cm³/mol. The second-order valence-electron chi connectivity index (χ2n) is 2.96. The molecule has 0 amide bonds. The number of nitrogens with two attached hydrogens (primary N) is 1. The fraction of sp³-hybridized carbons (Fsp3) is 0.333. The second kappa shape index (κ2) is 3.03. The average molecular weight is 151 g/mol. The first-order chi connectivity index (χ1) is 5.14. The van der Waals surface area contributed by atoms with Gasteiger partial charge in [-0.3, -0.25) is 0 Å². The van der Waals surface area contributed by atoms with Crippen LogP contribution in [0.4, 0.5) is 0 Å². The molecule has 0 aromatic heterocycles. The van der Waals surface area contributed by atoms with Crippen molar-refractivity contribution >= 4 is 0 Å². The third kappa shape index (κ3) is 2.33. The molecule has 0 heterocycles. The van der Waals surface area contributed by atoms with E-state index in [9.17, 15) is 0 Å². The van der Waals surface area contributed by atoms with E-state index in [2.05, 4.69) is 0 Å². The lowest BCUT2D eigenvalue weighted by Gasteiger charge is -2.14. The molecule has 0 fully saturated rings. The van der Waals surface area contributed by atoms with Crippen molar-refractivity contribution in [1.82, 2.24) is 0 Å². The third-order valence-electron chi connectivity index (χ3n) is 1.56. The van der Waals surface area contributed by atoms with E-state index in [4.69, 9.17) is 10.8 Å². The third-order valence-corrected chi connectivity index (χ3v) is 1.56. The fourth-order valence-corrected chi connectivity index (χ4v) is 1.04. The summed E-state index contributed by atoms with van der Waals surface area (Å²) in [6, 6.07) is 0. The molecule has 2 nitrogen and oxygen atoms in total. The molecule has 1 atom stereocenters. The number of allylic oxidation sites excluding steroid dienone is 2. The molecule has 0 radical (unpaired) electrons. The molecule has 0 saturated heterocycles. The van der Waals surface area contributed by atoms with E-state index in [0.29, 0.717) is 0 Å². The van der Waals surface area contributed by atoms with Crippen LogP contribution in [0.25, 0.3) is 0 Å². The van der Waals surface area contributed by atoms with Crippen molar-refractivity contribution in [3.05, 3.63) is 36.0 Å². The molecule has 0 aromatic rings. The van der Waals surface area contributed by atoms with E-state index in [0.717, 1.165) is 5.57 Å². The fourth-order valence-electron chi connectivity index (χ4n) is 1.04. The van der Waals surface area contributed by atoms with Gasteiger partial charge in [-0.15, -0.1) is 0 Å². The zero-order valence-corrected chi connectivity index (χ0v) is 6.62. The minimum absolute atomic E-state index is 0.0466. The van der Waals surface area contributed by atoms with E-state index >= 15 is 0 Å². The van der Waals surface area contributed by atoms with E-state index in [1.54, 1.807) is 0 Å². The van der Waals surface area contributed by atoms with Crippen molar-refractivity contribution in [3.63, 3.8) is 0 Å². The summed E-state index contributed by atoms with van der Waals surface area (Å²) in [6.45, 7) is 1.94. The number of aliphatic hydroxyl groups is 1. The van der Waals surface area contributed by atoms with E-state index < -0.39 is 5.54 Å². The SMILES string of the molecule is CC1(N)C=CC=CC(CO)=C1. The Labute approximate surface area is 66.7 Å². The topological polar surface area (TPSA) is 46.2 Å². The molecule has 0 aliphatic heterocycles. The van der Waals surface area contributed by atoms with Gasteiger partial charge in [0.1, 0.15) is 0 Å². The minimum Gasteiger partial charge on any atom is -0.392 e. The molecule has 1 aliphatic rings. The monoisotopic (exact) mass is 151 g/mol. The zero-order valence-electron chi connectivity index (χ0n) is 6.62. The lowest BCUT2D eigenvalue weighted by Crippen LogP contribution is -2.31. The summed E-state index contributed by atoms with van der Waals surface area (Å²) in [4.78, 5) is 0. The molecular weight excluding hydrogens is 138 g/mol. The van der Waals surface area contributed by atoms with Gasteiger partial charge < -0.3 is 10.8 Å². The number of rotatable bonds is 1. The Morgan fingerprint density at radius 2 is 2.27 bits per heavy atom. The quantitative estimate of drug-likeness (QED) is 0.581. The molecule has 60 valence electrons. The van der Waals surface area contributed by atoms with Crippen LogP contribution in [0.2, 0.25) is 0 Å². The van der Waals surface area contributed by atoms with Crippen LogP contribution in [0.3, 0.4) is 0 Å². The van der Waals surface area contributed by atoms with Crippen LogP contribution >= 0.6 is 0 Å². The molecule has 0 saturated carbocycles. The lowest BCUT2D eigenvalue weighted by atomic mass is 10.0. The molecule has 2 heteroatoms. The smallest absolute Gasteiger partial charge is 0.0679 e. The predicted octanol–water partition coefficient (Wildman–Crippen LogP) is 0.749. The highest BCUT2D eigenvalue weighted by Gasteiger charge is 2.11. The molecule has 11 heavy (non-hydrogen) atoms. The Morgan fingerprint density at radius 3 is 2.91 bits per heavy atom. The van der Waals surface area contributed by atoms with Crippen LogP contribution in [0.15, 0.2) is 36.0 Å². The van der Waals surface area contributed by atoms with Crippen molar-refractivity contribution in [3.8, 4) is 0 Å². The zero-order chi connectivity index (χ0) is 8.32. The molecule has 1 unspecified atom stereocenters. The van der Waals surface area contributed by atoms with Gasteiger partial charge in [0, 0.05) is 0 Å². The Hall–Kier alpha value is -0.860. The Kier molecular flexibility index (Phi) is 2.27. The van der Waals surface area contributed by atoms with Crippen molar-refractivity contribution in [2.75, 3.05) is 6.61 Å². The van der Waals surface area contributed by atoms with Gasteiger partial charge in [0.2, 0.25) is 0 Å². The Balaban J connectivity index is 2.90. The summed E-state index contributed by atoms with van der Waals surface area (Å²) < 4.78 is 0. The van der Waals surface area contributed by atoms with Gasteiger partial charge in [-0.2, -0.15) is 0 Å². The maximum Gasteiger partial charge on any atom is 0.0679 e. The Bertz CT molecular complexity index is 224. The van der Waals surface area contributed by atoms with Gasteiger partial charge in [0.25, 0.3) is 0 Å². The van der Waals surface area contributed by atoms with Crippen molar-refractivity contribution < 1.29 is 5.11 Å². The molecule has 0 spiro atoms. The molecule has 1 rings (SSSR count). The molecule has 0 bridgehead atoms. The van der Waals surface area contributed by atoms with Crippen LogP contribution in [-0.4, -0.2) is 17.3 Å². The first-order valence-corrected chi connectivity index (χ1v) is 3.61. The second-order valence-corrected chi connectivity index (χ2v) is 2.96. The van der Waals surface area contributed by atoms with Crippen LogP contribution in [0.5, 0.6) is 0 Å². The highest BCUT2D eigenvalue weighted by molar-refractivity contribution is 5.33. The van der Waals surface area contributed by atoms with Crippen molar-refractivity contribution in [1.29, 1.82) is 0 Å². The van der Waals surface area contributed by atoms with Gasteiger partial charge in [-0.1, -0.05) is 30.4 Å². The highest BCUT2D eigenvalue weighted by Crippen LogP contribution is 2.12. The van der Waals surface area contributed by atoms with Crippen molar-refractivity contribution in [2.24, 2.45) is 5.73 Å². The van der Waals surface area contributed by atoms with Crippen LogP contribution < -0.4 is 5.73 Å². The van der Waals surface area contributed by atoms with Gasteiger partial charge in [-0.05, 0) is 12.5 Å². The molecule has 3 N–H and O–H groups in total. The van der Waals surface area contributed by atoms with E-state index in [1.807, 2.05) is 37.3 Å². The van der Waals surface area contributed by atoms with Gasteiger partial charge >= 0.3 is 0 Å². The van der Waals surface area contributed by atoms with Crippen molar-refractivity contribution in [2.45, 2.75) is 12.5 Å². The summed E-state index contributed by atoms with van der Waals surface area (Å²) in [7, 11) is 0. The molecule has 1 aliphatic carbocycles. The van der Waals surface area contributed by atoms with E-state index in [1.165, 1.54) is 0 Å². The normalized spacial score (nSPS) is 29.9. The summed E-state index contributed by atoms with van der Waals surface area (Å²) in [5.74, 6) is 0. The summed E-state index contributed by atoms with van der Waals surface area (Å²) in [6.07, 6.45) is 9.37. The number of aliphatic hydroxyl groups excluding tert-OH is 1.